The predicted molar refractivity (Wildman–Crippen MR) is 92.5 cm³/mol. The molecule has 0 saturated carbocycles. The summed E-state index contributed by atoms with van der Waals surface area (Å²) >= 11 is 0. The van der Waals surface area contributed by atoms with Gasteiger partial charge >= 0.3 is 5.97 Å². The number of esters is 1. The van der Waals surface area contributed by atoms with E-state index < -0.39 is 11.6 Å². The third-order valence-electron chi connectivity index (χ3n) is 3.70. The van der Waals surface area contributed by atoms with E-state index in [2.05, 4.69) is 5.32 Å². The monoisotopic (exact) mass is 337 g/mol. The Kier molecular flexibility index (Phi) is 7.22. The molecule has 1 unspecified atom stereocenters. The molecule has 1 atom stereocenters. The zero-order valence-electron chi connectivity index (χ0n) is 15.3. The number of benzene rings is 1. The Morgan fingerprint density at radius 1 is 1.25 bits per heavy atom. The Morgan fingerprint density at radius 2 is 1.92 bits per heavy atom. The van der Waals surface area contributed by atoms with Crippen molar-refractivity contribution in [3.05, 3.63) is 23.8 Å². The molecule has 0 aromatic heterocycles. The van der Waals surface area contributed by atoms with Gasteiger partial charge in [-0.2, -0.15) is 0 Å². The Labute approximate surface area is 143 Å². The van der Waals surface area contributed by atoms with Gasteiger partial charge < -0.3 is 19.5 Å². The van der Waals surface area contributed by atoms with Crippen molar-refractivity contribution in [2.24, 2.45) is 0 Å². The van der Waals surface area contributed by atoms with E-state index in [1.54, 1.807) is 32.0 Å². The molecule has 0 aliphatic rings. The van der Waals surface area contributed by atoms with E-state index >= 15 is 0 Å². The molecule has 24 heavy (non-hydrogen) atoms. The third-order valence-corrected chi connectivity index (χ3v) is 3.70. The first-order chi connectivity index (χ1) is 11.3. The second-order valence-corrected chi connectivity index (χ2v) is 5.84. The van der Waals surface area contributed by atoms with Crippen molar-refractivity contribution < 1.29 is 23.8 Å². The summed E-state index contributed by atoms with van der Waals surface area (Å²) in [6.07, 6.45) is 0.435. The van der Waals surface area contributed by atoms with Crippen molar-refractivity contribution >= 4 is 17.6 Å². The molecule has 0 radical (unpaired) electrons. The van der Waals surface area contributed by atoms with Crippen LogP contribution in [-0.2, 0) is 14.3 Å². The normalized spacial score (nSPS) is 13.3. The van der Waals surface area contributed by atoms with Gasteiger partial charge in [0, 0.05) is 12.8 Å². The van der Waals surface area contributed by atoms with Gasteiger partial charge in [0.1, 0.15) is 16.9 Å². The first-order valence-corrected chi connectivity index (χ1v) is 8.11. The van der Waals surface area contributed by atoms with Crippen LogP contribution in [0.4, 0.5) is 5.69 Å². The van der Waals surface area contributed by atoms with E-state index in [4.69, 9.17) is 14.2 Å². The molecule has 0 fully saturated rings. The van der Waals surface area contributed by atoms with Crippen LogP contribution < -0.4 is 10.1 Å². The van der Waals surface area contributed by atoms with Gasteiger partial charge in [-0.25, -0.2) is 4.79 Å². The molecule has 6 heteroatoms. The van der Waals surface area contributed by atoms with Crippen molar-refractivity contribution in [3.8, 4) is 5.75 Å². The summed E-state index contributed by atoms with van der Waals surface area (Å²) in [5.74, 6) is -0.347. The fourth-order valence-corrected chi connectivity index (χ4v) is 1.99. The number of amides is 1. The van der Waals surface area contributed by atoms with E-state index in [0.717, 1.165) is 0 Å². The first kappa shape index (κ1) is 20.0. The summed E-state index contributed by atoms with van der Waals surface area (Å²) in [4.78, 5) is 24.5. The fraction of sp³-hybridized carbons (Fsp3) is 0.556. The molecule has 1 aromatic rings. The smallest absolute Gasteiger partial charge is 0.341 e. The minimum Gasteiger partial charge on any atom is -0.490 e. The van der Waals surface area contributed by atoms with Crippen LogP contribution in [0.15, 0.2) is 18.2 Å². The zero-order chi connectivity index (χ0) is 18.3. The van der Waals surface area contributed by atoms with Gasteiger partial charge in [-0.05, 0) is 52.3 Å². The Balaban J connectivity index is 3.11. The maximum absolute atomic E-state index is 12.4. The van der Waals surface area contributed by atoms with Crippen molar-refractivity contribution in [1.82, 2.24) is 0 Å². The largest absolute Gasteiger partial charge is 0.490 e. The molecule has 0 bridgehead atoms. The molecular formula is C18H27NO5. The van der Waals surface area contributed by atoms with E-state index in [9.17, 15) is 9.59 Å². The molecule has 1 aromatic carbocycles. The lowest BCUT2D eigenvalue weighted by Gasteiger charge is -2.25. The minimum absolute atomic E-state index is 0.0875. The Bertz CT molecular complexity index is 579. The van der Waals surface area contributed by atoms with Crippen LogP contribution in [0.5, 0.6) is 5.75 Å². The summed E-state index contributed by atoms with van der Waals surface area (Å²) in [6.45, 7) is 9.31. The lowest BCUT2D eigenvalue weighted by Crippen LogP contribution is -2.41. The molecular weight excluding hydrogens is 310 g/mol. The summed E-state index contributed by atoms with van der Waals surface area (Å²) in [5, 5.41) is 2.78. The molecule has 134 valence electrons. The highest BCUT2D eigenvalue weighted by Gasteiger charge is 2.31. The summed E-state index contributed by atoms with van der Waals surface area (Å²) < 4.78 is 16.0. The second-order valence-electron chi connectivity index (χ2n) is 5.84. The van der Waals surface area contributed by atoms with E-state index in [1.807, 2.05) is 20.8 Å². The molecule has 0 heterocycles. The van der Waals surface area contributed by atoms with Crippen LogP contribution in [0.2, 0.25) is 0 Å². The van der Waals surface area contributed by atoms with Gasteiger partial charge in [-0.3, -0.25) is 4.79 Å². The van der Waals surface area contributed by atoms with Gasteiger partial charge in [0.2, 0.25) is 0 Å². The molecule has 1 N–H and O–H groups in total. The highest BCUT2D eigenvalue weighted by atomic mass is 16.5. The molecule has 0 aliphatic carbocycles. The fourth-order valence-electron chi connectivity index (χ4n) is 1.99. The van der Waals surface area contributed by atoms with Crippen LogP contribution in [-0.4, -0.2) is 37.3 Å². The van der Waals surface area contributed by atoms with Gasteiger partial charge in [0.15, 0.2) is 0 Å². The van der Waals surface area contributed by atoms with Gasteiger partial charge in [0.05, 0.1) is 12.7 Å². The van der Waals surface area contributed by atoms with Gasteiger partial charge in [-0.1, -0.05) is 6.92 Å². The topological polar surface area (TPSA) is 73.9 Å². The molecule has 6 nitrogen and oxygen atoms in total. The SMILES string of the molecule is CCOC(=O)c1cc(NC(=O)C(C)(CC)OC)ccc1OC(C)C. The molecule has 0 spiro atoms. The predicted octanol–water partition coefficient (Wildman–Crippen LogP) is 3.40. The minimum atomic E-state index is -0.933. The molecule has 1 amide bonds. The second kappa shape index (κ2) is 8.68. The van der Waals surface area contributed by atoms with Crippen LogP contribution in [0.1, 0.15) is 51.4 Å². The average Bonchev–Trinajstić information content (AvgIpc) is 2.55. The van der Waals surface area contributed by atoms with Crippen molar-refractivity contribution in [2.45, 2.75) is 52.7 Å². The highest BCUT2D eigenvalue weighted by Crippen LogP contribution is 2.26. The lowest BCUT2D eigenvalue weighted by molar-refractivity contribution is -0.136. The number of nitrogens with one attached hydrogen (secondary N) is 1. The molecule has 0 aliphatic heterocycles. The van der Waals surface area contributed by atoms with Crippen LogP contribution in [0.25, 0.3) is 0 Å². The number of hydrogen-bond acceptors (Lipinski definition) is 5. The molecule has 1 rings (SSSR count). The van der Waals surface area contributed by atoms with Crippen LogP contribution >= 0.6 is 0 Å². The maximum atomic E-state index is 12.4. The average molecular weight is 337 g/mol. The Morgan fingerprint density at radius 3 is 2.42 bits per heavy atom. The number of methoxy groups -OCH3 is 1. The number of carbonyl (C=O) groups excluding carboxylic acids is 2. The van der Waals surface area contributed by atoms with E-state index in [0.29, 0.717) is 17.9 Å². The number of rotatable bonds is 8. The molecule has 0 saturated heterocycles. The number of ether oxygens (including phenoxy) is 3. The third kappa shape index (κ3) is 4.96. The van der Waals surface area contributed by atoms with Crippen molar-refractivity contribution in [2.75, 3.05) is 19.0 Å². The summed E-state index contributed by atoms with van der Waals surface area (Å²) in [7, 11) is 1.49. The van der Waals surface area contributed by atoms with Gasteiger partial charge in [-0.15, -0.1) is 0 Å². The summed E-state index contributed by atoms with van der Waals surface area (Å²) in [6, 6.07) is 4.89. The summed E-state index contributed by atoms with van der Waals surface area (Å²) in [5.41, 5.74) is -0.174. The van der Waals surface area contributed by atoms with Crippen molar-refractivity contribution in [3.63, 3.8) is 0 Å². The first-order valence-electron chi connectivity index (χ1n) is 8.11. The van der Waals surface area contributed by atoms with Crippen LogP contribution in [0, 0.1) is 0 Å². The maximum Gasteiger partial charge on any atom is 0.341 e. The van der Waals surface area contributed by atoms with E-state index in [-0.39, 0.29) is 24.2 Å². The van der Waals surface area contributed by atoms with Gasteiger partial charge in [0.25, 0.3) is 5.91 Å². The van der Waals surface area contributed by atoms with Crippen LogP contribution in [0.3, 0.4) is 0 Å². The zero-order valence-corrected chi connectivity index (χ0v) is 15.3. The standard InChI is InChI=1S/C18H27NO5/c1-7-18(5,22-6)17(21)19-13-9-10-15(24-12(3)4)14(11-13)16(20)23-8-2/h9-12H,7-8H2,1-6H3,(H,19,21). The quantitative estimate of drug-likeness (QED) is 0.736. The number of carbonyl (C=O) groups is 2. The number of anilines is 1. The van der Waals surface area contributed by atoms with Crippen molar-refractivity contribution in [1.29, 1.82) is 0 Å². The van der Waals surface area contributed by atoms with E-state index in [1.165, 1.54) is 7.11 Å². The number of hydrogen-bond donors (Lipinski definition) is 1. The lowest BCUT2D eigenvalue weighted by atomic mass is 10.0. The highest BCUT2D eigenvalue weighted by molar-refractivity contribution is 5.99. The Hall–Kier alpha value is -2.08.